The van der Waals surface area contributed by atoms with Gasteiger partial charge in [-0.1, -0.05) is 6.92 Å². The van der Waals surface area contributed by atoms with Gasteiger partial charge in [-0.15, -0.1) is 0 Å². The smallest absolute Gasteiger partial charge is 0.242 e. The fourth-order valence-corrected chi connectivity index (χ4v) is 2.42. The van der Waals surface area contributed by atoms with E-state index >= 15 is 0 Å². The van der Waals surface area contributed by atoms with Crippen molar-refractivity contribution < 1.29 is 9.53 Å². The first-order valence-corrected chi connectivity index (χ1v) is 6.90. The van der Waals surface area contributed by atoms with Crippen molar-refractivity contribution in [3.05, 3.63) is 6.33 Å². The topological polar surface area (TPSA) is 79.4 Å². The molecule has 1 aliphatic rings. The molecule has 0 spiro atoms. The maximum Gasteiger partial charge on any atom is 0.242 e. The number of nitrogens with zero attached hydrogens (tertiary/aromatic N) is 3. The zero-order chi connectivity index (χ0) is 14.5. The highest BCUT2D eigenvalue weighted by molar-refractivity contribution is 5.87. The van der Waals surface area contributed by atoms with E-state index < -0.39 is 0 Å². The lowest BCUT2D eigenvalue weighted by atomic mass is 10.1. The molecule has 1 aromatic rings. The molecule has 20 heavy (non-hydrogen) atoms. The lowest BCUT2D eigenvalue weighted by Gasteiger charge is -2.36. The number of amides is 1. The molecule has 7 heteroatoms. The van der Waals surface area contributed by atoms with Crippen molar-refractivity contribution in [2.45, 2.75) is 26.3 Å². The second kappa shape index (κ2) is 6.40. The number of piperazine rings is 1. The Hall–Kier alpha value is -2.05. The Kier molecular flexibility index (Phi) is 4.60. The molecule has 1 aliphatic heterocycles. The molecule has 1 aromatic heterocycles. The van der Waals surface area contributed by atoms with E-state index in [9.17, 15) is 4.79 Å². The van der Waals surface area contributed by atoms with Gasteiger partial charge in [0.2, 0.25) is 11.7 Å². The molecule has 1 fully saturated rings. The highest BCUT2D eigenvalue weighted by Gasteiger charge is 2.31. The van der Waals surface area contributed by atoms with E-state index in [1.807, 2.05) is 18.7 Å². The van der Waals surface area contributed by atoms with E-state index in [1.54, 1.807) is 7.11 Å². The predicted octanol–water partition coefficient (Wildman–Crippen LogP) is 0.632. The van der Waals surface area contributed by atoms with Gasteiger partial charge in [-0.2, -0.15) is 0 Å². The third-order valence-corrected chi connectivity index (χ3v) is 3.32. The minimum atomic E-state index is -0.220. The van der Waals surface area contributed by atoms with Crippen molar-refractivity contribution in [3.63, 3.8) is 0 Å². The van der Waals surface area contributed by atoms with Gasteiger partial charge in [0, 0.05) is 19.6 Å². The molecule has 0 aliphatic carbocycles. The molecule has 2 heterocycles. The van der Waals surface area contributed by atoms with Gasteiger partial charge in [0.25, 0.3) is 0 Å². The summed E-state index contributed by atoms with van der Waals surface area (Å²) in [6.45, 7) is 6.04. The van der Waals surface area contributed by atoms with Crippen molar-refractivity contribution >= 4 is 17.5 Å². The number of carbonyl (C=O) groups excluding carboxylic acids is 1. The van der Waals surface area contributed by atoms with E-state index in [0.29, 0.717) is 30.5 Å². The summed E-state index contributed by atoms with van der Waals surface area (Å²) in [5.41, 5.74) is 0. The number of nitrogens with one attached hydrogen (secondary N) is 2. The van der Waals surface area contributed by atoms with E-state index in [4.69, 9.17) is 4.74 Å². The highest BCUT2D eigenvalue weighted by atomic mass is 16.5. The third-order valence-electron chi connectivity index (χ3n) is 3.32. The monoisotopic (exact) mass is 279 g/mol. The van der Waals surface area contributed by atoms with Crippen LogP contribution >= 0.6 is 0 Å². The van der Waals surface area contributed by atoms with E-state index in [1.165, 1.54) is 6.33 Å². The lowest BCUT2D eigenvalue weighted by molar-refractivity contribution is -0.123. The molecule has 0 bridgehead atoms. The van der Waals surface area contributed by atoms with Gasteiger partial charge in [0.05, 0.1) is 7.11 Å². The van der Waals surface area contributed by atoms with Crippen molar-refractivity contribution in [1.29, 1.82) is 0 Å². The number of rotatable bonds is 5. The quantitative estimate of drug-likeness (QED) is 0.823. The maximum absolute atomic E-state index is 12.0. The zero-order valence-electron chi connectivity index (χ0n) is 12.1. The minimum Gasteiger partial charge on any atom is -0.490 e. The second-order valence-electron chi connectivity index (χ2n) is 4.52. The van der Waals surface area contributed by atoms with Crippen LogP contribution < -0.4 is 20.3 Å². The Bertz CT molecular complexity index is 480. The van der Waals surface area contributed by atoms with Crippen molar-refractivity contribution in [2.75, 3.05) is 37.0 Å². The number of aromatic nitrogens is 2. The average molecular weight is 279 g/mol. The average Bonchev–Trinajstić information content (AvgIpc) is 2.47. The summed E-state index contributed by atoms with van der Waals surface area (Å²) >= 11 is 0. The summed E-state index contributed by atoms with van der Waals surface area (Å²) < 4.78 is 5.45. The van der Waals surface area contributed by atoms with Gasteiger partial charge in [0.15, 0.2) is 11.6 Å². The molecule has 1 amide bonds. The highest BCUT2D eigenvalue weighted by Crippen LogP contribution is 2.33. The Morgan fingerprint density at radius 3 is 2.95 bits per heavy atom. The largest absolute Gasteiger partial charge is 0.490 e. The number of hydrogen-bond donors (Lipinski definition) is 2. The fraction of sp³-hybridized carbons (Fsp3) is 0.615. The van der Waals surface area contributed by atoms with Gasteiger partial charge in [-0.3, -0.25) is 4.79 Å². The number of hydrogen-bond acceptors (Lipinski definition) is 6. The van der Waals surface area contributed by atoms with Crippen molar-refractivity contribution in [3.8, 4) is 5.75 Å². The van der Waals surface area contributed by atoms with Gasteiger partial charge in [-0.25, -0.2) is 9.97 Å². The van der Waals surface area contributed by atoms with Crippen LogP contribution in [0.4, 0.5) is 11.6 Å². The molecule has 2 rings (SSSR count). The Labute approximate surface area is 118 Å². The van der Waals surface area contributed by atoms with Crippen LogP contribution in [0.1, 0.15) is 20.3 Å². The first-order chi connectivity index (χ1) is 9.72. The molecule has 0 radical (unpaired) electrons. The molecule has 1 saturated heterocycles. The third kappa shape index (κ3) is 2.61. The van der Waals surface area contributed by atoms with Gasteiger partial charge in [0.1, 0.15) is 12.4 Å². The van der Waals surface area contributed by atoms with E-state index in [0.717, 1.165) is 13.0 Å². The molecule has 1 atom stereocenters. The molecule has 2 N–H and O–H groups in total. The summed E-state index contributed by atoms with van der Waals surface area (Å²) in [5, 5.41) is 6.03. The van der Waals surface area contributed by atoms with Gasteiger partial charge >= 0.3 is 0 Å². The van der Waals surface area contributed by atoms with Crippen LogP contribution in [0.15, 0.2) is 6.33 Å². The molecular weight excluding hydrogens is 258 g/mol. The summed E-state index contributed by atoms with van der Waals surface area (Å²) in [7, 11) is 1.59. The van der Waals surface area contributed by atoms with E-state index in [-0.39, 0.29) is 11.9 Å². The standard InChI is InChI=1S/C13H21N5O2/c1-4-9-13(19)15-6-7-18(9)12-10(20-3)11(14-5-2)16-8-17-12/h8-9H,4-7H2,1-3H3,(H,15,19)(H,14,16,17). The second-order valence-corrected chi connectivity index (χ2v) is 4.52. The summed E-state index contributed by atoms with van der Waals surface area (Å²) in [4.78, 5) is 22.5. The van der Waals surface area contributed by atoms with Crippen molar-refractivity contribution in [1.82, 2.24) is 15.3 Å². The Balaban J connectivity index is 2.39. The lowest BCUT2D eigenvalue weighted by Crippen LogP contribution is -2.55. The van der Waals surface area contributed by atoms with Crippen LogP contribution in [0.2, 0.25) is 0 Å². The van der Waals surface area contributed by atoms with Crippen LogP contribution in [0, 0.1) is 0 Å². The Morgan fingerprint density at radius 2 is 2.30 bits per heavy atom. The molecular formula is C13H21N5O2. The first kappa shape index (κ1) is 14.4. The summed E-state index contributed by atoms with van der Waals surface area (Å²) in [5.74, 6) is 1.94. The van der Waals surface area contributed by atoms with Crippen LogP contribution in [-0.4, -0.2) is 48.7 Å². The molecule has 7 nitrogen and oxygen atoms in total. The van der Waals surface area contributed by atoms with Crippen LogP contribution in [0.25, 0.3) is 0 Å². The zero-order valence-corrected chi connectivity index (χ0v) is 12.1. The first-order valence-electron chi connectivity index (χ1n) is 6.90. The van der Waals surface area contributed by atoms with Crippen molar-refractivity contribution in [2.24, 2.45) is 0 Å². The van der Waals surface area contributed by atoms with E-state index in [2.05, 4.69) is 20.6 Å². The fourth-order valence-electron chi connectivity index (χ4n) is 2.42. The minimum absolute atomic E-state index is 0.0319. The predicted molar refractivity (Wildman–Crippen MR) is 77.2 cm³/mol. The summed E-state index contributed by atoms with van der Waals surface area (Å²) in [6.07, 6.45) is 2.21. The van der Waals surface area contributed by atoms with Gasteiger partial charge in [-0.05, 0) is 13.3 Å². The van der Waals surface area contributed by atoms with Crippen LogP contribution in [0.3, 0.4) is 0 Å². The maximum atomic E-state index is 12.0. The molecule has 1 unspecified atom stereocenters. The number of methoxy groups -OCH3 is 1. The van der Waals surface area contributed by atoms with Gasteiger partial charge < -0.3 is 20.3 Å². The number of ether oxygens (including phenoxy) is 1. The van der Waals surface area contributed by atoms with Crippen LogP contribution in [-0.2, 0) is 4.79 Å². The van der Waals surface area contributed by atoms with Crippen LogP contribution in [0.5, 0.6) is 5.75 Å². The molecule has 0 saturated carbocycles. The number of carbonyl (C=O) groups is 1. The molecule has 110 valence electrons. The Morgan fingerprint density at radius 1 is 1.50 bits per heavy atom. The SMILES string of the molecule is CCNc1ncnc(N2CCNC(=O)C2CC)c1OC. The summed E-state index contributed by atoms with van der Waals surface area (Å²) in [6, 6.07) is -0.220. The molecule has 0 aromatic carbocycles. The number of anilines is 2. The normalized spacial score (nSPS) is 18.6.